The lowest BCUT2D eigenvalue weighted by Crippen LogP contribution is -2.06. The summed E-state index contributed by atoms with van der Waals surface area (Å²) in [6.45, 7) is 1.46. The highest BCUT2D eigenvalue weighted by Gasteiger charge is 2.05. The summed E-state index contributed by atoms with van der Waals surface area (Å²) in [5, 5.41) is 2.63. The van der Waals surface area contributed by atoms with Crippen molar-refractivity contribution in [2.75, 3.05) is 5.32 Å². The van der Waals surface area contributed by atoms with Gasteiger partial charge in [0.05, 0.1) is 11.9 Å². The highest BCUT2D eigenvalue weighted by molar-refractivity contribution is 5.87. The summed E-state index contributed by atoms with van der Waals surface area (Å²) in [7, 11) is 0. The van der Waals surface area contributed by atoms with Crippen LogP contribution in [-0.4, -0.2) is 15.9 Å². The summed E-state index contributed by atoms with van der Waals surface area (Å²) in [5.74, 6) is 0.319. The van der Waals surface area contributed by atoms with E-state index in [0.29, 0.717) is 5.95 Å². The number of hydrogen-bond donors (Lipinski definition) is 2. The molecule has 0 aliphatic heterocycles. The van der Waals surface area contributed by atoms with E-state index in [9.17, 15) is 4.79 Å². The van der Waals surface area contributed by atoms with E-state index in [1.165, 1.54) is 18.1 Å². The highest BCUT2D eigenvalue weighted by Crippen LogP contribution is 2.24. The molecule has 0 bridgehead atoms. The van der Waals surface area contributed by atoms with Gasteiger partial charge >= 0.3 is 0 Å². The molecule has 21 heavy (non-hydrogen) atoms. The van der Waals surface area contributed by atoms with Crippen LogP contribution in [0.15, 0.2) is 60.8 Å². The number of carbonyl (C=O) groups is 1. The Balaban J connectivity index is 1.84. The van der Waals surface area contributed by atoms with Crippen molar-refractivity contribution >= 4 is 11.9 Å². The van der Waals surface area contributed by atoms with Crippen molar-refractivity contribution in [1.82, 2.24) is 9.97 Å². The van der Waals surface area contributed by atoms with Crippen molar-refractivity contribution in [3.8, 4) is 22.4 Å². The quantitative estimate of drug-likeness (QED) is 0.767. The molecule has 0 atom stereocenters. The molecule has 1 aromatic heterocycles. The third-order valence-corrected chi connectivity index (χ3v) is 3.17. The number of nitrogens with zero attached hydrogens (tertiary/aromatic N) is 1. The third-order valence-electron chi connectivity index (χ3n) is 3.17. The van der Waals surface area contributed by atoms with Crippen LogP contribution in [0.2, 0.25) is 0 Å². The van der Waals surface area contributed by atoms with E-state index in [2.05, 4.69) is 39.6 Å². The van der Waals surface area contributed by atoms with Crippen LogP contribution in [0.25, 0.3) is 22.4 Å². The van der Waals surface area contributed by atoms with Crippen molar-refractivity contribution < 1.29 is 4.79 Å². The molecular weight excluding hydrogens is 262 g/mol. The Bertz CT molecular complexity index is 745. The zero-order chi connectivity index (χ0) is 14.7. The van der Waals surface area contributed by atoms with Crippen LogP contribution in [0.4, 0.5) is 5.95 Å². The lowest BCUT2D eigenvalue weighted by Gasteiger charge is -2.03. The SMILES string of the molecule is CC(=O)Nc1ncc(-c2ccc(-c3ccccc3)cc2)[nH]1. The Morgan fingerprint density at radius 3 is 2.24 bits per heavy atom. The fourth-order valence-electron chi connectivity index (χ4n) is 2.17. The number of amides is 1. The van der Waals surface area contributed by atoms with E-state index in [1.807, 2.05) is 30.3 Å². The molecule has 0 saturated heterocycles. The maximum Gasteiger partial charge on any atom is 0.223 e. The molecule has 2 aromatic carbocycles. The summed E-state index contributed by atoms with van der Waals surface area (Å²) >= 11 is 0. The minimum atomic E-state index is -0.143. The van der Waals surface area contributed by atoms with Crippen LogP contribution in [-0.2, 0) is 4.79 Å². The first-order chi connectivity index (χ1) is 10.2. The molecule has 0 spiro atoms. The minimum absolute atomic E-state index is 0.143. The van der Waals surface area contributed by atoms with Gasteiger partial charge in [-0.15, -0.1) is 0 Å². The predicted octanol–water partition coefficient (Wildman–Crippen LogP) is 3.70. The smallest absolute Gasteiger partial charge is 0.223 e. The molecule has 0 aliphatic rings. The molecule has 1 heterocycles. The topological polar surface area (TPSA) is 57.8 Å². The fraction of sp³-hybridized carbons (Fsp3) is 0.0588. The normalized spacial score (nSPS) is 10.3. The summed E-state index contributed by atoms with van der Waals surface area (Å²) in [4.78, 5) is 18.2. The Labute approximate surface area is 122 Å². The second-order valence-corrected chi connectivity index (χ2v) is 4.77. The van der Waals surface area contributed by atoms with Crippen molar-refractivity contribution in [3.63, 3.8) is 0 Å². The number of H-pyrrole nitrogens is 1. The summed E-state index contributed by atoms with van der Waals surface area (Å²) in [6, 6.07) is 18.4. The molecule has 4 heteroatoms. The number of rotatable bonds is 3. The Hall–Kier alpha value is -2.88. The second kappa shape index (κ2) is 5.63. The van der Waals surface area contributed by atoms with Gasteiger partial charge in [-0.05, 0) is 16.7 Å². The Kier molecular flexibility index (Phi) is 3.51. The largest absolute Gasteiger partial charge is 0.324 e. The molecule has 0 radical (unpaired) electrons. The van der Waals surface area contributed by atoms with Crippen molar-refractivity contribution in [1.29, 1.82) is 0 Å². The molecule has 0 unspecified atom stereocenters. The molecule has 104 valence electrons. The van der Waals surface area contributed by atoms with E-state index in [4.69, 9.17) is 0 Å². The molecule has 4 nitrogen and oxygen atoms in total. The van der Waals surface area contributed by atoms with E-state index < -0.39 is 0 Å². The van der Waals surface area contributed by atoms with Gasteiger partial charge in [-0.3, -0.25) is 10.1 Å². The maximum atomic E-state index is 11.0. The number of carbonyl (C=O) groups excluding carboxylic acids is 1. The lowest BCUT2D eigenvalue weighted by molar-refractivity contribution is -0.114. The van der Waals surface area contributed by atoms with E-state index in [1.54, 1.807) is 6.20 Å². The third kappa shape index (κ3) is 3.00. The van der Waals surface area contributed by atoms with Crippen LogP contribution in [0, 0.1) is 0 Å². The van der Waals surface area contributed by atoms with Gasteiger partial charge < -0.3 is 4.98 Å². The number of hydrogen-bond acceptors (Lipinski definition) is 2. The molecule has 1 amide bonds. The number of imidazole rings is 1. The molecule has 2 N–H and O–H groups in total. The van der Waals surface area contributed by atoms with Crippen LogP contribution in [0.1, 0.15) is 6.92 Å². The average molecular weight is 277 g/mol. The van der Waals surface area contributed by atoms with Gasteiger partial charge in [-0.2, -0.15) is 0 Å². The number of anilines is 1. The standard InChI is InChI=1S/C17H15N3O/c1-12(21)19-17-18-11-16(20-17)15-9-7-14(8-10-15)13-5-3-2-4-6-13/h2-11H,1H3,(H2,18,19,20,21). The first-order valence-electron chi connectivity index (χ1n) is 6.71. The minimum Gasteiger partial charge on any atom is -0.324 e. The van der Waals surface area contributed by atoms with Gasteiger partial charge in [0.25, 0.3) is 0 Å². The first kappa shape index (κ1) is 13.1. The monoisotopic (exact) mass is 277 g/mol. The summed E-state index contributed by atoms with van der Waals surface area (Å²) in [5.41, 5.74) is 4.26. The number of aromatic nitrogens is 2. The number of aromatic amines is 1. The molecule has 0 fully saturated rings. The van der Waals surface area contributed by atoms with Gasteiger partial charge in [-0.25, -0.2) is 4.98 Å². The highest BCUT2D eigenvalue weighted by atomic mass is 16.1. The van der Waals surface area contributed by atoms with Gasteiger partial charge in [0.1, 0.15) is 0 Å². The first-order valence-corrected chi connectivity index (χ1v) is 6.71. The van der Waals surface area contributed by atoms with Crippen LogP contribution in [0.3, 0.4) is 0 Å². The van der Waals surface area contributed by atoms with Crippen LogP contribution >= 0.6 is 0 Å². The van der Waals surface area contributed by atoms with E-state index in [0.717, 1.165) is 11.3 Å². The van der Waals surface area contributed by atoms with Crippen LogP contribution in [0.5, 0.6) is 0 Å². The van der Waals surface area contributed by atoms with Gasteiger partial charge in [0, 0.05) is 6.92 Å². The van der Waals surface area contributed by atoms with Crippen molar-refractivity contribution in [2.24, 2.45) is 0 Å². The summed E-state index contributed by atoms with van der Waals surface area (Å²) < 4.78 is 0. The Morgan fingerprint density at radius 1 is 0.952 bits per heavy atom. The number of benzene rings is 2. The van der Waals surface area contributed by atoms with Crippen LogP contribution < -0.4 is 5.32 Å². The lowest BCUT2D eigenvalue weighted by atomic mass is 10.0. The van der Waals surface area contributed by atoms with E-state index >= 15 is 0 Å². The van der Waals surface area contributed by atoms with Gasteiger partial charge in [0.15, 0.2) is 0 Å². The van der Waals surface area contributed by atoms with Gasteiger partial charge in [0.2, 0.25) is 11.9 Å². The molecule has 0 aliphatic carbocycles. The fourth-order valence-corrected chi connectivity index (χ4v) is 2.17. The number of nitrogens with one attached hydrogen (secondary N) is 2. The maximum absolute atomic E-state index is 11.0. The van der Waals surface area contributed by atoms with Crippen molar-refractivity contribution in [2.45, 2.75) is 6.92 Å². The zero-order valence-corrected chi connectivity index (χ0v) is 11.6. The molecular formula is C17H15N3O. The summed E-state index contributed by atoms with van der Waals surface area (Å²) in [6.07, 6.45) is 1.71. The molecule has 3 aromatic rings. The molecule has 3 rings (SSSR count). The Morgan fingerprint density at radius 2 is 1.57 bits per heavy atom. The van der Waals surface area contributed by atoms with Gasteiger partial charge in [-0.1, -0.05) is 54.6 Å². The van der Waals surface area contributed by atoms with E-state index in [-0.39, 0.29) is 5.91 Å². The second-order valence-electron chi connectivity index (χ2n) is 4.77. The molecule has 0 saturated carbocycles. The van der Waals surface area contributed by atoms with Crippen molar-refractivity contribution in [3.05, 3.63) is 60.8 Å². The zero-order valence-electron chi connectivity index (χ0n) is 11.6. The predicted molar refractivity (Wildman–Crippen MR) is 83.8 cm³/mol. The average Bonchev–Trinajstić information content (AvgIpc) is 2.96.